The second kappa shape index (κ2) is 6.88. The first-order valence-electron chi connectivity index (χ1n) is 8.91. The number of aromatic nitrogens is 1. The number of aliphatic imine (C=N–C) groups is 1. The van der Waals surface area contributed by atoms with E-state index in [0.717, 1.165) is 39.6 Å². The van der Waals surface area contributed by atoms with Gasteiger partial charge in [0.1, 0.15) is 0 Å². The number of benzene rings is 2. The molecule has 0 fully saturated rings. The van der Waals surface area contributed by atoms with Gasteiger partial charge in [-0.1, -0.05) is 6.07 Å². The van der Waals surface area contributed by atoms with Crippen LogP contribution in [0, 0.1) is 20.8 Å². The molecule has 1 aromatic heterocycles. The molecule has 6 nitrogen and oxygen atoms in total. The third-order valence-electron chi connectivity index (χ3n) is 4.96. The van der Waals surface area contributed by atoms with Crippen LogP contribution in [0.15, 0.2) is 47.5 Å². The van der Waals surface area contributed by atoms with E-state index in [2.05, 4.69) is 9.56 Å². The molecule has 0 spiro atoms. The van der Waals surface area contributed by atoms with Crippen LogP contribution < -0.4 is 9.47 Å². The summed E-state index contributed by atoms with van der Waals surface area (Å²) in [6.07, 6.45) is 1.81. The molecule has 142 valence electrons. The smallest absolute Gasteiger partial charge is 0.336 e. The van der Waals surface area contributed by atoms with Crippen LogP contribution in [0.5, 0.6) is 11.5 Å². The molecule has 0 unspecified atom stereocenters. The minimum Gasteiger partial charge on any atom is -0.478 e. The Hall–Kier alpha value is -3.54. The number of rotatable bonds is 4. The fourth-order valence-electron chi connectivity index (χ4n) is 3.50. The van der Waals surface area contributed by atoms with Crippen LogP contribution in [0.25, 0.3) is 5.69 Å². The van der Waals surface area contributed by atoms with Crippen LogP contribution in [0.2, 0.25) is 0 Å². The number of aromatic carboxylic acids is 1. The number of fused-ring (bicyclic) bond motifs is 1. The van der Waals surface area contributed by atoms with E-state index in [1.807, 2.05) is 57.3 Å². The van der Waals surface area contributed by atoms with Crippen molar-refractivity contribution in [3.8, 4) is 17.2 Å². The highest BCUT2D eigenvalue weighted by Gasteiger charge is 2.16. The lowest BCUT2D eigenvalue weighted by molar-refractivity contribution is 0.0696. The fraction of sp³-hybridized carbons (Fsp3) is 0.182. The number of carboxylic acid groups (broad SMARTS) is 1. The predicted molar refractivity (Wildman–Crippen MR) is 107 cm³/mol. The summed E-state index contributed by atoms with van der Waals surface area (Å²) in [7, 11) is 0. The van der Waals surface area contributed by atoms with Gasteiger partial charge in [0.05, 0.1) is 11.3 Å². The molecule has 0 saturated carbocycles. The van der Waals surface area contributed by atoms with E-state index >= 15 is 0 Å². The molecule has 0 atom stereocenters. The number of nitrogens with zero attached hydrogens (tertiary/aromatic N) is 2. The summed E-state index contributed by atoms with van der Waals surface area (Å²) in [6.45, 7) is 6.06. The van der Waals surface area contributed by atoms with Crippen molar-refractivity contribution in [1.29, 1.82) is 0 Å². The van der Waals surface area contributed by atoms with Crippen LogP contribution in [-0.4, -0.2) is 28.7 Å². The maximum absolute atomic E-state index is 11.5. The summed E-state index contributed by atoms with van der Waals surface area (Å²) in [6, 6.07) is 12.9. The van der Waals surface area contributed by atoms with Gasteiger partial charge < -0.3 is 19.1 Å². The van der Waals surface area contributed by atoms with E-state index in [9.17, 15) is 9.90 Å². The lowest BCUT2D eigenvalue weighted by atomic mass is 10.1. The van der Waals surface area contributed by atoms with Crippen LogP contribution in [0.1, 0.15) is 32.9 Å². The third kappa shape index (κ3) is 3.03. The Morgan fingerprint density at radius 1 is 1.11 bits per heavy atom. The predicted octanol–water partition coefficient (Wildman–Crippen LogP) is 4.58. The average Bonchev–Trinajstić information content (AvgIpc) is 3.24. The zero-order valence-electron chi connectivity index (χ0n) is 15.9. The Kier molecular flexibility index (Phi) is 4.39. The summed E-state index contributed by atoms with van der Waals surface area (Å²) in [5.74, 6) is 0.499. The van der Waals surface area contributed by atoms with Crippen molar-refractivity contribution in [2.45, 2.75) is 20.8 Å². The molecular formula is C22H20N2O4. The molecule has 0 radical (unpaired) electrons. The highest BCUT2D eigenvalue weighted by atomic mass is 16.7. The highest BCUT2D eigenvalue weighted by molar-refractivity contribution is 5.90. The van der Waals surface area contributed by atoms with Gasteiger partial charge in [0, 0.05) is 34.9 Å². The molecule has 0 bridgehead atoms. The first kappa shape index (κ1) is 17.9. The Morgan fingerprint density at radius 3 is 2.68 bits per heavy atom. The van der Waals surface area contributed by atoms with E-state index in [-0.39, 0.29) is 6.79 Å². The zero-order valence-corrected chi connectivity index (χ0v) is 15.9. The molecule has 3 aromatic rings. The SMILES string of the molecule is Cc1c(C(=O)O)cccc1-n1c(C)cc(C=Nc2ccc3c(c2)OCO3)c1C. The van der Waals surface area contributed by atoms with E-state index < -0.39 is 5.97 Å². The summed E-state index contributed by atoms with van der Waals surface area (Å²) in [4.78, 5) is 16.0. The minimum atomic E-state index is -0.925. The molecule has 6 heteroatoms. The maximum Gasteiger partial charge on any atom is 0.336 e. The summed E-state index contributed by atoms with van der Waals surface area (Å²) in [5.41, 5.74) is 5.64. The molecule has 4 rings (SSSR count). The fourth-order valence-corrected chi connectivity index (χ4v) is 3.50. The third-order valence-corrected chi connectivity index (χ3v) is 4.96. The molecule has 0 aliphatic carbocycles. The number of hydrogen-bond acceptors (Lipinski definition) is 4. The highest BCUT2D eigenvalue weighted by Crippen LogP contribution is 2.35. The molecule has 2 heterocycles. The Bertz CT molecular complexity index is 1110. The van der Waals surface area contributed by atoms with Crippen LogP contribution in [-0.2, 0) is 0 Å². The van der Waals surface area contributed by atoms with Crippen molar-refractivity contribution in [2.75, 3.05) is 6.79 Å². The van der Waals surface area contributed by atoms with E-state index in [1.54, 1.807) is 12.1 Å². The van der Waals surface area contributed by atoms with Gasteiger partial charge >= 0.3 is 5.97 Å². The monoisotopic (exact) mass is 376 g/mol. The lowest BCUT2D eigenvalue weighted by Crippen LogP contribution is -2.07. The summed E-state index contributed by atoms with van der Waals surface area (Å²) >= 11 is 0. The van der Waals surface area contributed by atoms with E-state index in [4.69, 9.17) is 9.47 Å². The number of aryl methyl sites for hydroxylation is 1. The second-order valence-corrected chi connectivity index (χ2v) is 6.71. The first-order valence-corrected chi connectivity index (χ1v) is 8.91. The largest absolute Gasteiger partial charge is 0.478 e. The zero-order chi connectivity index (χ0) is 19.8. The number of carboxylic acids is 1. The minimum absolute atomic E-state index is 0.235. The molecule has 0 amide bonds. The van der Waals surface area contributed by atoms with Gasteiger partial charge in [-0.15, -0.1) is 0 Å². The van der Waals surface area contributed by atoms with E-state index in [1.165, 1.54) is 0 Å². The second-order valence-electron chi connectivity index (χ2n) is 6.71. The number of hydrogen-bond donors (Lipinski definition) is 1. The quantitative estimate of drug-likeness (QED) is 0.677. The molecule has 1 aliphatic heterocycles. The molecule has 1 aliphatic rings. The topological polar surface area (TPSA) is 73.0 Å². The van der Waals surface area contributed by atoms with Gasteiger partial charge in [0.15, 0.2) is 11.5 Å². The lowest BCUT2D eigenvalue weighted by Gasteiger charge is -2.14. The molecular weight excluding hydrogens is 356 g/mol. The Balaban J connectivity index is 1.71. The molecule has 1 N–H and O–H groups in total. The Morgan fingerprint density at radius 2 is 1.89 bits per heavy atom. The van der Waals surface area contributed by atoms with Crippen LogP contribution >= 0.6 is 0 Å². The van der Waals surface area contributed by atoms with Crippen molar-refractivity contribution < 1.29 is 19.4 Å². The van der Waals surface area contributed by atoms with Crippen LogP contribution in [0.3, 0.4) is 0 Å². The Labute approximate surface area is 162 Å². The van der Waals surface area contributed by atoms with E-state index in [0.29, 0.717) is 11.3 Å². The van der Waals surface area contributed by atoms with Gasteiger partial charge in [0.2, 0.25) is 6.79 Å². The van der Waals surface area contributed by atoms with Gasteiger partial charge in [-0.05, 0) is 56.7 Å². The van der Waals surface area contributed by atoms with Gasteiger partial charge in [-0.25, -0.2) is 4.79 Å². The number of ether oxygens (including phenoxy) is 2. The van der Waals surface area contributed by atoms with Crippen molar-refractivity contribution >= 4 is 17.9 Å². The van der Waals surface area contributed by atoms with Gasteiger partial charge in [0.25, 0.3) is 0 Å². The van der Waals surface area contributed by atoms with Crippen molar-refractivity contribution in [3.05, 3.63) is 70.5 Å². The van der Waals surface area contributed by atoms with Gasteiger partial charge in [-0.2, -0.15) is 0 Å². The van der Waals surface area contributed by atoms with Crippen molar-refractivity contribution in [1.82, 2.24) is 4.57 Å². The summed E-state index contributed by atoms with van der Waals surface area (Å²) in [5, 5.41) is 9.41. The molecule has 2 aromatic carbocycles. The average molecular weight is 376 g/mol. The summed E-state index contributed by atoms with van der Waals surface area (Å²) < 4.78 is 12.8. The normalized spacial score (nSPS) is 12.7. The van der Waals surface area contributed by atoms with Gasteiger partial charge in [-0.3, -0.25) is 4.99 Å². The van der Waals surface area contributed by atoms with Crippen molar-refractivity contribution in [3.63, 3.8) is 0 Å². The van der Waals surface area contributed by atoms with Crippen LogP contribution in [0.4, 0.5) is 5.69 Å². The first-order chi connectivity index (χ1) is 13.5. The van der Waals surface area contributed by atoms with Crippen molar-refractivity contribution in [2.24, 2.45) is 4.99 Å². The number of carbonyl (C=O) groups is 1. The standard InChI is InChI=1S/C22H20N2O4/c1-13-9-16(11-23-17-7-8-20-21(10-17)28-12-27-20)15(3)24(13)19-6-4-5-18(14(19)2)22(25)26/h4-11H,12H2,1-3H3,(H,25,26). The molecule has 0 saturated heterocycles. The maximum atomic E-state index is 11.5. The molecule has 28 heavy (non-hydrogen) atoms.